The summed E-state index contributed by atoms with van der Waals surface area (Å²) in [6.07, 6.45) is -0.141. The van der Waals surface area contributed by atoms with E-state index in [1.165, 1.54) is 18.3 Å². The van der Waals surface area contributed by atoms with Gasteiger partial charge in [0.05, 0.1) is 5.69 Å². The number of carbonyl (C=O) groups excluding carboxylic acids is 2. The van der Waals surface area contributed by atoms with Gasteiger partial charge in [-0.25, -0.2) is 4.79 Å². The Balaban J connectivity index is 2.37. The lowest BCUT2D eigenvalue weighted by Crippen LogP contribution is -2.36. The molecule has 0 aliphatic carbocycles. The maximum absolute atomic E-state index is 11.7. The van der Waals surface area contributed by atoms with Crippen LogP contribution in [0.5, 0.6) is 0 Å². The molecular weight excluding hydrogens is 268 g/mol. The molecule has 1 aromatic rings. The Labute approximate surface area is 115 Å². The van der Waals surface area contributed by atoms with E-state index in [2.05, 4.69) is 5.32 Å². The van der Waals surface area contributed by atoms with E-state index in [0.717, 1.165) is 0 Å². The summed E-state index contributed by atoms with van der Waals surface area (Å²) in [6, 6.07) is 1.62. The molecule has 0 aromatic carbocycles. The standard InChI is InChI=1S/C12H18N2O4S/c1-8(11(15)14-5-3-6-17-2)18-12(16)10-9(13)4-7-19-10/h4,7-8H,3,5-6,13H2,1-2H3,(H,14,15). The summed E-state index contributed by atoms with van der Waals surface area (Å²) in [4.78, 5) is 23.7. The van der Waals surface area contributed by atoms with Crippen molar-refractivity contribution in [1.29, 1.82) is 0 Å². The predicted octanol–water partition coefficient (Wildman–Crippen LogP) is 1.03. The summed E-state index contributed by atoms with van der Waals surface area (Å²) in [5.41, 5.74) is 5.97. The van der Waals surface area contributed by atoms with Gasteiger partial charge in [-0.2, -0.15) is 0 Å². The molecule has 0 spiro atoms. The number of methoxy groups -OCH3 is 1. The summed E-state index contributed by atoms with van der Waals surface area (Å²) in [7, 11) is 1.59. The zero-order chi connectivity index (χ0) is 14.3. The van der Waals surface area contributed by atoms with Gasteiger partial charge in [-0.05, 0) is 24.8 Å². The molecular formula is C12H18N2O4S. The second-order valence-corrected chi connectivity index (χ2v) is 4.81. The predicted molar refractivity (Wildman–Crippen MR) is 73.1 cm³/mol. The highest BCUT2D eigenvalue weighted by Crippen LogP contribution is 2.20. The molecule has 1 rings (SSSR count). The van der Waals surface area contributed by atoms with E-state index in [-0.39, 0.29) is 5.91 Å². The van der Waals surface area contributed by atoms with Crippen molar-refractivity contribution in [2.75, 3.05) is 26.0 Å². The van der Waals surface area contributed by atoms with Crippen molar-refractivity contribution in [3.63, 3.8) is 0 Å². The molecule has 0 aliphatic rings. The molecule has 0 bridgehead atoms. The number of carbonyl (C=O) groups is 2. The van der Waals surface area contributed by atoms with E-state index in [1.54, 1.807) is 18.6 Å². The van der Waals surface area contributed by atoms with Crippen LogP contribution in [0.4, 0.5) is 5.69 Å². The van der Waals surface area contributed by atoms with Crippen LogP contribution in [0, 0.1) is 0 Å². The summed E-state index contributed by atoms with van der Waals surface area (Å²) >= 11 is 1.19. The van der Waals surface area contributed by atoms with Crippen LogP contribution >= 0.6 is 11.3 Å². The van der Waals surface area contributed by atoms with Crippen LogP contribution in [0.1, 0.15) is 23.0 Å². The Bertz CT molecular complexity index is 433. The van der Waals surface area contributed by atoms with Gasteiger partial charge < -0.3 is 20.5 Å². The molecule has 0 radical (unpaired) electrons. The minimum atomic E-state index is -0.850. The Morgan fingerprint density at radius 1 is 1.53 bits per heavy atom. The monoisotopic (exact) mass is 286 g/mol. The highest BCUT2D eigenvalue weighted by atomic mass is 32.1. The first kappa shape index (κ1) is 15.5. The highest BCUT2D eigenvalue weighted by Gasteiger charge is 2.20. The number of nitrogens with one attached hydrogen (secondary N) is 1. The lowest BCUT2D eigenvalue weighted by molar-refractivity contribution is -0.129. The van der Waals surface area contributed by atoms with E-state index < -0.39 is 12.1 Å². The number of nitrogens with two attached hydrogens (primary N) is 1. The van der Waals surface area contributed by atoms with Crippen LogP contribution < -0.4 is 11.1 Å². The number of rotatable bonds is 7. The van der Waals surface area contributed by atoms with Crippen molar-refractivity contribution in [2.45, 2.75) is 19.4 Å². The second kappa shape index (κ2) is 7.75. The summed E-state index contributed by atoms with van der Waals surface area (Å²) < 4.78 is 9.90. The molecule has 0 fully saturated rings. The molecule has 106 valence electrons. The lowest BCUT2D eigenvalue weighted by Gasteiger charge is -2.13. The molecule has 0 aliphatic heterocycles. The van der Waals surface area contributed by atoms with Crippen LogP contribution in [-0.4, -0.2) is 38.2 Å². The number of anilines is 1. The zero-order valence-electron chi connectivity index (χ0n) is 11.0. The molecule has 6 nitrogen and oxygen atoms in total. The molecule has 1 amide bonds. The third-order valence-electron chi connectivity index (χ3n) is 2.36. The van der Waals surface area contributed by atoms with Gasteiger partial charge in [0.15, 0.2) is 6.10 Å². The number of hydrogen-bond acceptors (Lipinski definition) is 6. The molecule has 19 heavy (non-hydrogen) atoms. The first-order valence-corrected chi connectivity index (χ1v) is 6.74. The van der Waals surface area contributed by atoms with Crippen molar-refractivity contribution in [2.24, 2.45) is 0 Å². The quantitative estimate of drug-likeness (QED) is 0.577. The van der Waals surface area contributed by atoms with Gasteiger partial charge >= 0.3 is 5.97 Å². The molecule has 1 aromatic heterocycles. The molecule has 3 N–H and O–H groups in total. The van der Waals surface area contributed by atoms with Gasteiger partial charge in [0.25, 0.3) is 5.91 Å². The smallest absolute Gasteiger partial charge is 0.351 e. The van der Waals surface area contributed by atoms with Crippen molar-refractivity contribution >= 4 is 28.9 Å². The van der Waals surface area contributed by atoms with Gasteiger partial charge in [0.1, 0.15) is 4.88 Å². The maximum atomic E-state index is 11.7. The van der Waals surface area contributed by atoms with Crippen LogP contribution in [0.2, 0.25) is 0 Å². The van der Waals surface area contributed by atoms with E-state index in [9.17, 15) is 9.59 Å². The van der Waals surface area contributed by atoms with E-state index in [0.29, 0.717) is 30.1 Å². The van der Waals surface area contributed by atoms with Gasteiger partial charge in [0.2, 0.25) is 0 Å². The van der Waals surface area contributed by atoms with E-state index >= 15 is 0 Å². The minimum absolute atomic E-state index is 0.319. The first-order valence-electron chi connectivity index (χ1n) is 5.87. The van der Waals surface area contributed by atoms with Gasteiger partial charge in [-0.1, -0.05) is 0 Å². The zero-order valence-corrected chi connectivity index (χ0v) is 11.8. The third kappa shape index (κ3) is 4.88. The Morgan fingerprint density at radius 2 is 2.26 bits per heavy atom. The molecule has 0 saturated heterocycles. The molecule has 7 heteroatoms. The summed E-state index contributed by atoms with van der Waals surface area (Å²) in [5.74, 6) is -0.911. The van der Waals surface area contributed by atoms with E-state index in [1.807, 2.05) is 0 Å². The average molecular weight is 286 g/mol. The Morgan fingerprint density at radius 3 is 2.84 bits per heavy atom. The largest absolute Gasteiger partial charge is 0.448 e. The fraction of sp³-hybridized carbons (Fsp3) is 0.500. The number of esters is 1. The van der Waals surface area contributed by atoms with Gasteiger partial charge in [-0.15, -0.1) is 11.3 Å². The second-order valence-electron chi connectivity index (χ2n) is 3.89. The number of hydrogen-bond donors (Lipinski definition) is 2. The normalized spacial score (nSPS) is 11.9. The number of amides is 1. The SMILES string of the molecule is COCCCNC(=O)C(C)OC(=O)c1sccc1N. The minimum Gasteiger partial charge on any atom is -0.448 e. The van der Waals surface area contributed by atoms with Crippen LogP contribution in [-0.2, 0) is 14.3 Å². The fourth-order valence-electron chi connectivity index (χ4n) is 1.32. The maximum Gasteiger partial charge on any atom is 0.351 e. The molecule has 1 heterocycles. The Kier molecular flexibility index (Phi) is 6.31. The van der Waals surface area contributed by atoms with Gasteiger partial charge in [-0.3, -0.25) is 4.79 Å². The van der Waals surface area contributed by atoms with Crippen LogP contribution in [0.25, 0.3) is 0 Å². The van der Waals surface area contributed by atoms with Crippen LogP contribution in [0.3, 0.4) is 0 Å². The molecule has 0 saturated carbocycles. The third-order valence-corrected chi connectivity index (χ3v) is 3.27. The van der Waals surface area contributed by atoms with E-state index in [4.69, 9.17) is 15.2 Å². The van der Waals surface area contributed by atoms with Gasteiger partial charge in [0, 0.05) is 20.3 Å². The Hall–Kier alpha value is -1.60. The number of ether oxygens (including phenoxy) is 2. The highest BCUT2D eigenvalue weighted by molar-refractivity contribution is 7.12. The topological polar surface area (TPSA) is 90.6 Å². The lowest BCUT2D eigenvalue weighted by atomic mass is 10.3. The van der Waals surface area contributed by atoms with Crippen molar-refractivity contribution < 1.29 is 19.1 Å². The summed E-state index contributed by atoms with van der Waals surface area (Å²) in [6.45, 7) is 2.57. The van der Waals surface area contributed by atoms with Crippen LogP contribution in [0.15, 0.2) is 11.4 Å². The van der Waals surface area contributed by atoms with Crippen molar-refractivity contribution in [1.82, 2.24) is 5.32 Å². The fourth-order valence-corrected chi connectivity index (χ4v) is 2.02. The molecule has 1 atom stereocenters. The summed E-state index contributed by atoms with van der Waals surface area (Å²) in [5, 5.41) is 4.35. The van der Waals surface area contributed by atoms with Crippen molar-refractivity contribution in [3.05, 3.63) is 16.3 Å². The molecule has 1 unspecified atom stereocenters. The first-order chi connectivity index (χ1) is 9.06. The number of thiophene rings is 1. The van der Waals surface area contributed by atoms with Crippen molar-refractivity contribution in [3.8, 4) is 0 Å². The average Bonchev–Trinajstić information content (AvgIpc) is 2.80. The number of nitrogen functional groups attached to an aromatic ring is 1.